The lowest BCUT2D eigenvalue weighted by Gasteiger charge is -2.37. The Morgan fingerprint density at radius 2 is 1.86 bits per heavy atom. The average molecular weight is 507 g/mol. The molecular weight excluding hydrogens is 477 g/mol. The summed E-state index contributed by atoms with van der Waals surface area (Å²) in [7, 11) is 0. The number of hydrogen-bond acceptors (Lipinski definition) is 3. The number of fused-ring (bicyclic) bond motifs is 1. The fraction of sp³-hybridized carbons (Fsp3) is 0.542. The molecule has 1 aliphatic carbocycles. The molecule has 1 saturated carbocycles. The normalized spacial score (nSPS) is 27.6. The van der Waals surface area contributed by atoms with Crippen LogP contribution in [0.15, 0.2) is 30.3 Å². The van der Waals surface area contributed by atoms with Gasteiger partial charge in [0.05, 0.1) is 15.2 Å². The number of ether oxygens (including phenoxy) is 2. The van der Waals surface area contributed by atoms with Crippen molar-refractivity contribution in [3.05, 3.63) is 39.5 Å². The summed E-state index contributed by atoms with van der Waals surface area (Å²) in [6.45, 7) is 9.40. The van der Waals surface area contributed by atoms with Gasteiger partial charge in [0, 0.05) is 0 Å². The molecule has 1 heterocycles. The number of cyclic esters (lactones) is 1. The number of carbonyl (C=O) groups excluding carboxylic acids is 1. The highest BCUT2D eigenvalue weighted by atomic mass is 127. The first-order valence-corrected chi connectivity index (χ1v) is 11.6. The van der Waals surface area contributed by atoms with Crippen LogP contribution in [0.4, 0.5) is 4.79 Å². The van der Waals surface area contributed by atoms with Crippen LogP contribution in [0.1, 0.15) is 58.9 Å². The summed E-state index contributed by atoms with van der Waals surface area (Å²) in [5.41, 5.74) is 0.971. The van der Waals surface area contributed by atoms with Crippen molar-refractivity contribution in [3.8, 4) is 5.75 Å². The number of rotatable bonds is 3. The van der Waals surface area contributed by atoms with Crippen LogP contribution in [0.2, 0.25) is 0 Å². The number of amides is 1. The zero-order chi connectivity index (χ0) is 20.8. The Kier molecular flexibility index (Phi) is 5.47. The second kappa shape index (κ2) is 7.64. The molecule has 0 aromatic heterocycles. The van der Waals surface area contributed by atoms with Gasteiger partial charge >= 0.3 is 6.09 Å². The highest BCUT2D eigenvalue weighted by Gasteiger charge is 2.36. The van der Waals surface area contributed by atoms with Crippen LogP contribution >= 0.6 is 22.6 Å². The predicted molar refractivity (Wildman–Crippen MR) is 124 cm³/mol. The molecule has 2 aromatic carbocycles. The lowest BCUT2D eigenvalue weighted by atomic mass is 9.72. The second-order valence-corrected chi connectivity index (χ2v) is 10.9. The third-order valence-electron chi connectivity index (χ3n) is 6.62. The summed E-state index contributed by atoms with van der Waals surface area (Å²) in [5.74, 6) is 1.77. The molecule has 1 amide bonds. The number of nitrogens with one attached hydrogen (secondary N) is 1. The van der Waals surface area contributed by atoms with Gasteiger partial charge in [-0.1, -0.05) is 39.0 Å². The van der Waals surface area contributed by atoms with E-state index in [2.05, 4.69) is 79.0 Å². The van der Waals surface area contributed by atoms with Gasteiger partial charge in [-0.3, -0.25) is 0 Å². The van der Waals surface area contributed by atoms with E-state index in [0.29, 0.717) is 18.1 Å². The third-order valence-corrected chi connectivity index (χ3v) is 7.73. The van der Waals surface area contributed by atoms with Crippen molar-refractivity contribution in [2.24, 2.45) is 11.3 Å². The molecule has 4 nitrogen and oxygen atoms in total. The zero-order valence-corrected chi connectivity index (χ0v) is 19.8. The summed E-state index contributed by atoms with van der Waals surface area (Å²) < 4.78 is 12.7. The fourth-order valence-corrected chi connectivity index (χ4v) is 5.39. The minimum Gasteiger partial charge on any atom is -0.489 e. The van der Waals surface area contributed by atoms with Crippen molar-refractivity contribution >= 4 is 39.5 Å². The molecule has 0 bridgehead atoms. The van der Waals surface area contributed by atoms with Gasteiger partial charge in [-0.25, -0.2) is 4.79 Å². The van der Waals surface area contributed by atoms with Crippen LogP contribution in [-0.2, 0) is 10.3 Å². The average Bonchev–Trinajstić information content (AvgIpc) is 3.03. The molecule has 1 saturated heterocycles. The van der Waals surface area contributed by atoms with Crippen molar-refractivity contribution in [2.75, 3.05) is 6.61 Å². The largest absolute Gasteiger partial charge is 0.489 e. The first kappa shape index (κ1) is 20.8. The zero-order valence-electron chi connectivity index (χ0n) is 17.7. The molecule has 0 radical (unpaired) electrons. The van der Waals surface area contributed by atoms with Crippen LogP contribution in [0.5, 0.6) is 5.75 Å². The maximum Gasteiger partial charge on any atom is 0.408 e. The van der Waals surface area contributed by atoms with Crippen LogP contribution in [0.25, 0.3) is 10.8 Å². The smallest absolute Gasteiger partial charge is 0.408 e. The lowest BCUT2D eigenvalue weighted by Crippen LogP contribution is -2.37. The van der Waals surface area contributed by atoms with Gasteiger partial charge in [-0.05, 0) is 95.0 Å². The van der Waals surface area contributed by atoms with Gasteiger partial charge in [0.25, 0.3) is 0 Å². The van der Waals surface area contributed by atoms with E-state index in [-0.39, 0.29) is 6.09 Å². The molecule has 2 fully saturated rings. The van der Waals surface area contributed by atoms with E-state index in [0.717, 1.165) is 39.0 Å². The van der Waals surface area contributed by atoms with Crippen molar-refractivity contribution in [1.29, 1.82) is 0 Å². The monoisotopic (exact) mass is 507 g/mol. The van der Waals surface area contributed by atoms with Gasteiger partial charge in [0.2, 0.25) is 0 Å². The van der Waals surface area contributed by atoms with E-state index in [1.165, 1.54) is 18.2 Å². The summed E-state index contributed by atoms with van der Waals surface area (Å²) in [6.07, 6.45) is 4.71. The van der Waals surface area contributed by atoms with Gasteiger partial charge in [-0.15, -0.1) is 0 Å². The van der Waals surface area contributed by atoms with Crippen molar-refractivity contribution in [1.82, 2.24) is 5.32 Å². The van der Waals surface area contributed by atoms with E-state index >= 15 is 0 Å². The number of alkyl carbamates (subject to hydrolysis) is 1. The van der Waals surface area contributed by atoms with Gasteiger partial charge in [-0.2, -0.15) is 0 Å². The molecule has 2 aromatic rings. The van der Waals surface area contributed by atoms with E-state index in [4.69, 9.17) is 9.47 Å². The standard InChI is InChI=1S/C24H30INO3/c1-23(2,3)16-6-9-18(10-7-16)29-20-12-5-15-13-17(8-11-19(15)21(20)25)24(4)14-28-22(27)26-24/h5,8,11-13,16,18H,6-7,9-10,14H2,1-4H3,(H,26,27)/t16?,18?,24-/m0/s1. The number of benzene rings is 2. The third kappa shape index (κ3) is 4.21. The van der Waals surface area contributed by atoms with Crippen LogP contribution in [0.3, 0.4) is 0 Å². The fourth-order valence-electron chi connectivity index (χ4n) is 4.60. The maximum atomic E-state index is 11.5. The topological polar surface area (TPSA) is 47.6 Å². The molecule has 5 heteroatoms. The summed E-state index contributed by atoms with van der Waals surface area (Å²) in [5, 5.41) is 5.25. The summed E-state index contributed by atoms with van der Waals surface area (Å²) >= 11 is 2.40. The van der Waals surface area contributed by atoms with Gasteiger partial charge in [0.15, 0.2) is 0 Å². The minimum atomic E-state index is -0.475. The minimum absolute atomic E-state index is 0.309. The second-order valence-electron chi connectivity index (χ2n) is 9.80. The van der Waals surface area contributed by atoms with Gasteiger partial charge in [0.1, 0.15) is 12.4 Å². The van der Waals surface area contributed by atoms with Crippen molar-refractivity contribution in [2.45, 2.75) is 65.0 Å². The SMILES string of the molecule is CC(C)(C)C1CCC(Oc2ccc3cc([C@]4(C)COC(=O)N4)ccc3c2I)CC1. The molecule has 29 heavy (non-hydrogen) atoms. The molecular formula is C24H30INO3. The Balaban J connectivity index is 1.51. The number of carbonyl (C=O) groups is 1. The number of halogens is 1. The Labute approximate surface area is 186 Å². The lowest BCUT2D eigenvalue weighted by molar-refractivity contribution is 0.0878. The highest BCUT2D eigenvalue weighted by Crippen LogP contribution is 2.40. The van der Waals surface area contributed by atoms with Crippen LogP contribution in [-0.4, -0.2) is 18.8 Å². The Bertz CT molecular complexity index is 928. The molecule has 156 valence electrons. The summed E-state index contributed by atoms with van der Waals surface area (Å²) in [4.78, 5) is 11.5. The Morgan fingerprint density at radius 1 is 1.14 bits per heavy atom. The Hall–Kier alpha value is -1.50. The number of hydrogen-bond donors (Lipinski definition) is 1. The van der Waals surface area contributed by atoms with E-state index < -0.39 is 5.54 Å². The maximum absolute atomic E-state index is 11.5. The van der Waals surface area contributed by atoms with Crippen LogP contribution in [0, 0.1) is 14.9 Å². The molecule has 0 spiro atoms. The Morgan fingerprint density at radius 3 is 2.48 bits per heavy atom. The van der Waals surface area contributed by atoms with Crippen LogP contribution < -0.4 is 10.1 Å². The van der Waals surface area contributed by atoms with E-state index in [1.807, 2.05) is 6.92 Å². The molecule has 2 aliphatic rings. The van der Waals surface area contributed by atoms with Gasteiger partial charge < -0.3 is 14.8 Å². The molecule has 0 unspecified atom stereocenters. The molecule has 1 atom stereocenters. The highest BCUT2D eigenvalue weighted by molar-refractivity contribution is 14.1. The van der Waals surface area contributed by atoms with E-state index in [9.17, 15) is 4.79 Å². The van der Waals surface area contributed by atoms with E-state index in [1.54, 1.807) is 0 Å². The van der Waals surface area contributed by atoms with Crippen molar-refractivity contribution in [3.63, 3.8) is 0 Å². The quantitative estimate of drug-likeness (QED) is 0.491. The molecule has 1 N–H and O–H groups in total. The predicted octanol–water partition coefficient (Wildman–Crippen LogP) is 6.38. The molecule has 4 rings (SSSR count). The van der Waals surface area contributed by atoms with Crippen molar-refractivity contribution < 1.29 is 14.3 Å². The first-order chi connectivity index (χ1) is 13.7. The molecule has 1 aliphatic heterocycles. The summed E-state index contributed by atoms with van der Waals surface area (Å²) in [6, 6.07) is 10.6. The first-order valence-electron chi connectivity index (χ1n) is 10.5.